The van der Waals surface area contributed by atoms with E-state index in [1.165, 1.54) is 42.5 Å². The standard InChI is InChI=1S/C13H20N2/c1-3-4-6-11-9-10(2)12-7-5-8-14-13(12)15-11/h9H,3-8H2,1-2H3,(H,14,15). The molecule has 1 N–H and O–H groups in total. The van der Waals surface area contributed by atoms with Crippen LogP contribution in [0.25, 0.3) is 0 Å². The average molecular weight is 204 g/mol. The Balaban J connectivity index is 2.24. The lowest BCUT2D eigenvalue weighted by molar-refractivity contribution is 0.761. The second kappa shape index (κ2) is 4.65. The molecule has 0 saturated carbocycles. The number of aryl methyl sites for hydroxylation is 2. The fourth-order valence-electron chi connectivity index (χ4n) is 2.19. The molecule has 0 fully saturated rings. The lowest BCUT2D eigenvalue weighted by atomic mass is 10.0. The maximum absolute atomic E-state index is 4.70. The fourth-order valence-corrected chi connectivity index (χ4v) is 2.19. The molecule has 0 bridgehead atoms. The van der Waals surface area contributed by atoms with Gasteiger partial charge in [0.2, 0.25) is 0 Å². The largest absolute Gasteiger partial charge is 0.370 e. The zero-order chi connectivity index (χ0) is 10.7. The lowest BCUT2D eigenvalue weighted by Crippen LogP contribution is -2.15. The van der Waals surface area contributed by atoms with Gasteiger partial charge in [0.05, 0.1) is 0 Å². The predicted molar refractivity (Wildman–Crippen MR) is 64.4 cm³/mol. The van der Waals surface area contributed by atoms with Gasteiger partial charge in [0.25, 0.3) is 0 Å². The van der Waals surface area contributed by atoms with E-state index in [4.69, 9.17) is 4.98 Å². The van der Waals surface area contributed by atoms with Crippen LogP contribution in [0.4, 0.5) is 5.82 Å². The molecule has 1 aromatic rings. The second-order valence-electron chi connectivity index (χ2n) is 4.39. The number of rotatable bonds is 3. The molecule has 0 saturated heterocycles. The molecular formula is C13H20N2. The van der Waals surface area contributed by atoms with Gasteiger partial charge in [-0.3, -0.25) is 0 Å². The molecule has 0 unspecified atom stereocenters. The molecular weight excluding hydrogens is 184 g/mol. The van der Waals surface area contributed by atoms with E-state index in [0.29, 0.717) is 0 Å². The highest BCUT2D eigenvalue weighted by molar-refractivity contribution is 5.51. The van der Waals surface area contributed by atoms with Gasteiger partial charge in [0, 0.05) is 12.2 Å². The molecule has 0 amide bonds. The van der Waals surface area contributed by atoms with Crippen LogP contribution in [0.2, 0.25) is 0 Å². The number of aromatic nitrogens is 1. The van der Waals surface area contributed by atoms with Gasteiger partial charge in [-0.25, -0.2) is 4.98 Å². The first kappa shape index (κ1) is 10.5. The van der Waals surface area contributed by atoms with Crippen molar-refractivity contribution in [3.05, 3.63) is 22.9 Å². The maximum atomic E-state index is 4.70. The highest BCUT2D eigenvalue weighted by atomic mass is 15.0. The normalized spacial score (nSPS) is 14.5. The van der Waals surface area contributed by atoms with E-state index < -0.39 is 0 Å². The summed E-state index contributed by atoms with van der Waals surface area (Å²) in [4.78, 5) is 4.70. The Bertz CT molecular complexity index is 345. The number of hydrogen-bond donors (Lipinski definition) is 1. The third kappa shape index (κ3) is 2.31. The van der Waals surface area contributed by atoms with Crippen molar-refractivity contribution in [3.8, 4) is 0 Å². The Morgan fingerprint density at radius 2 is 2.33 bits per heavy atom. The summed E-state index contributed by atoms with van der Waals surface area (Å²) >= 11 is 0. The molecule has 1 aliphatic rings. The summed E-state index contributed by atoms with van der Waals surface area (Å²) in [6, 6.07) is 2.27. The Morgan fingerprint density at radius 3 is 3.13 bits per heavy atom. The first-order chi connectivity index (χ1) is 7.31. The van der Waals surface area contributed by atoms with Crippen LogP contribution in [0.5, 0.6) is 0 Å². The third-order valence-electron chi connectivity index (χ3n) is 3.08. The number of nitrogens with one attached hydrogen (secondary N) is 1. The van der Waals surface area contributed by atoms with Crippen molar-refractivity contribution in [2.45, 2.75) is 46.0 Å². The van der Waals surface area contributed by atoms with Crippen LogP contribution in [-0.2, 0) is 12.8 Å². The molecule has 0 aromatic carbocycles. The summed E-state index contributed by atoms with van der Waals surface area (Å²) in [7, 11) is 0. The molecule has 82 valence electrons. The predicted octanol–water partition coefficient (Wildman–Crippen LogP) is 3.09. The van der Waals surface area contributed by atoms with E-state index in [1.54, 1.807) is 0 Å². The third-order valence-corrected chi connectivity index (χ3v) is 3.08. The van der Waals surface area contributed by atoms with Gasteiger partial charge < -0.3 is 5.32 Å². The molecule has 2 heteroatoms. The van der Waals surface area contributed by atoms with Crippen molar-refractivity contribution >= 4 is 5.82 Å². The molecule has 2 heterocycles. The van der Waals surface area contributed by atoms with Crippen molar-refractivity contribution in [2.24, 2.45) is 0 Å². The molecule has 0 aliphatic carbocycles. The molecule has 0 radical (unpaired) electrons. The van der Waals surface area contributed by atoms with Crippen LogP contribution in [0.1, 0.15) is 43.0 Å². The summed E-state index contributed by atoms with van der Waals surface area (Å²) < 4.78 is 0. The summed E-state index contributed by atoms with van der Waals surface area (Å²) in [5, 5.41) is 3.41. The number of pyridine rings is 1. The van der Waals surface area contributed by atoms with E-state index in [1.807, 2.05) is 0 Å². The van der Waals surface area contributed by atoms with E-state index in [2.05, 4.69) is 25.2 Å². The first-order valence-corrected chi connectivity index (χ1v) is 6.04. The Labute approximate surface area is 92.1 Å². The fraction of sp³-hybridized carbons (Fsp3) is 0.615. The van der Waals surface area contributed by atoms with Crippen LogP contribution < -0.4 is 5.32 Å². The van der Waals surface area contributed by atoms with Gasteiger partial charge in [-0.15, -0.1) is 0 Å². The number of unbranched alkanes of at least 4 members (excludes halogenated alkanes) is 1. The van der Waals surface area contributed by atoms with Crippen molar-refractivity contribution in [2.75, 3.05) is 11.9 Å². The van der Waals surface area contributed by atoms with Gasteiger partial charge in [-0.05, 0) is 49.8 Å². The topological polar surface area (TPSA) is 24.9 Å². The molecule has 15 heavy (non-hydrogen) atoms. The highest BCUT2D eigenvalue weighted by Crippen LogP contribution is 2.24. The highest BCUT2D eigenvalue weighted by Gasteiger charge is 2.13. The minimum atomic E-state index is 1.08. The molecule has 0 atom stereocenters. The SMILES string of the molecule is CCCCc1cc(C)c2c(n1)NCCC2. The number of fused-ring (bicyclic) bond motifs is 1. The zero-order valence-corrected chi connectivity index (χ0v) is 9.77. The summed E-state index contributed by atoms with van der Waals surface area (Å²) in [5.41, 5.74) is 4.10. The van der Waals surface area contributed by atoms with Crippen LogP contribution in [0.3, 0.4) is 0 Å². The van der Waals surface area contributed by atoms with Gasteiger partial charge in [-0.2, -0.15) is 0 Å². The van der Waals surface area contributed by atoms with Crippen LogP contribution in [0, 0.1) is 6.92 Å². The minimum absolute atomic E-state index is 1.08. The molecule has 1 aliphatic heterocycles. The lowest BCUT2D eigenvalue weighted by Gasteiger charge is -2.19. The van der Waals surface area contributed by atoms with Crippen LogP contribution in [0.15, 0.2) is 6.07 Å². The van der Waals surface area contributed by atoms with Crippen LogP contribution >= 0.6 is 0 Å². The molecule has 2 nitrogen and oxygen atoms in total. The quantitative estimate of drug-likeness (QED) is 0.818. The molecule has 1 aromatic heterocycles. The Hall–Kier alpha value is -1.05. The van der Waals surface area contributed by atoms with E-state index in [9.17, 15) is 0 Å². The van der Waals surface area contributed by atoms with Gasteiger partial charge in [-0.1, -0.05) is 13.3 Å². The van der Waals surface area contributed by atoms with Gasteiger partial charge in [0.15, 0.2) is 0 Å². The van der Waals surface area contributed by atoms with E-state index in [-0.39, 0.29) is 0 Å². The van der Waals surface area contributed by atoms with E-state index >= 15 is 0 Å². The maximum Gasteiger partial charge on any atom is 0.129 e. The summed E-state index contributed by atoms with van der Waals surface area (Å²) in [5.74, 6) is 1.15. The number of nitrogens with zero attached hydrogens (tertiary/aromatic N) is 1. The van der Waals surface area contributed by atoms with E-state index in [0.717, 1.165) is 18.8 Å². The van der Waals surface area contributed by atoms with Crippen molar-refractivity contribution < 1.29 is 0 Å². The number of anilines is 1. The van der Waals surface area contributed by atoms with Crippen LogP contribution in [-0.4, -0.2) is 11.5 Å². The second-order valence-corrected chi connectivity index (χ2v) is 4.39. The smallest absolute Gasteiger partial charge is 0.129 e. The average Bonchev–Trinajstić information content (AvgIpc) is 2.26. The monoisotopic (exact) mass is 204 g/mol. The first-order valence-electron chi connectivity index (χ1n) is 6.04. The Morgan fingerprint density at radius 1 is 1.47 bits per heavy atom. The summed E-state index contributed by atoms with van der Waals surface area (Å²) in [6.45, 7) is 5.52. The Kier molecular flexibility index (Phi) is 3.24. The molecule has 0 spiro atoms. The van der Waals surface area contributed by atoms with Crippen molar-refractivity contribution in [3.63, 3.8) is 0 Å². The van der Waals surface area contributed by atoms with Gasteiger partial charge >= 0.3 is 0 Å². The van der Waals surface area contributed by atoms with Crippen molar-refractivity contribution in [1.82, 2.24) is 4.98 Å². The summed E-state index contributed by atoms with van der Waals surface area (Å²) in [6.07, 6.45) is 6.03. The van der Waals surface area contributed by atoms with Crippen molar-refractivity contribution in [1.29, 1.82) is 0 Å². The zero-order valence-electron chi connectivity index (χ0n) is 9.77. The minimum Gasteiger partial charge on any atom is -0.370 e. The number of hydrogen-bond acceptors (Lipinski definition) is 2. The van der Waals surface area contributed by atoms with Gasteiger partial charge in [0.1, 0.15) is 5.82 Å². The molecule has 2 rings (SSSR count).